The van der Waals surface area contributed by atoms with E-state index in [9.17, 15) is 4.79 Å². The topological polar surface area (TPSA) is 40.5 Å². The highest BCUT2D eigenvalue weighted by molar-refractivity contribution is 5.69. The molecule has 3 rings (SSSR count). The Bertz CT molecular complexity index is 440. The second-order valence-corrected chi connectivity index (χ2v) is 5.15. The molecule has 1 atom stereocenters. The van der Waals surface area contributed by atoms with Crippen molar-refractivity contribution >= 4 is 5.97 Å². The molecule has 0 bridgehead atoms. The largest absolute Gasteiger partial charge is 0.480 e. The Labute approximate surface area is 101 Å². The standard InChI is InChI=1S/C14H17NO2/c16-14(17)9-15(12-5-6-12)8-11-7-10-3-1-2-4-13(10)11/h1-4,11-12H,5-9H2,(H,16,17). The normalized spacial score (nSPS) is 22.1. The lowest BCUT2D eigenvalue weighted by atomic mass is 9.77. The highest BCUT2D eigenvalue weighted by Crippen LogP contribution is 2.37. The van der Waals surface area contributed by atoms with Crippen molar-refractivity contribution in [3.8, 4) is 0 Å². The van der Waals surface area contributed by atoms with Crippen LogP contribution in [-0.2, 0) is 11.2 Å². The molecule has 1 aromatic carbocycles. The zero-order chi connectivity index (χ0) is 11.8. The lowest BCUT2D eigenvalue weighted by Gasteiger charge is -2.34. The zero-order valence-corrected chi connectivity index (χ0v) is 9.80. The van der Waals surface area contributed by atoms with Gasteiger partial charge in [0, 0.05) is 18.5 Å². The molecule has 3 nitrogen and oxygen atoms in total. The molecule has 0 radical (unpaired) electrons. The van der Waals surface area contributed by atoms with Crippen LogP contribution >= 0.6 is 0 Å². The zero-order valence-electron chi connectivity index (χ0n) is 9.80. The van der Waals surface area contributed by atoms with Gasteiger partial charge in [-0.05, 0) is 30.4 Å². The second kappa shape index (κ2) is 4.15. The molecular formula is C14H17NO2. The highest BCUT2D eigenvalue weighted by atomic mass is 16.4. The molecule has 1 aromatic rings. The molecule has 0 amide bonds. The van der Waals surface area contributed by atoms with Crippen molar-refractivity contribution in [3.63, 3.8) is 0 Å². The number of benzene rings is 1. The molecule has 3 heteroatoms. The van der Waals surface area contributed by atoms with Crippen LogP contribution in [0.15, 0.2) is 24.3 Å². The average molecular weight is 231 g/mol. The molecule has 0 spiro atoms. The van der Waals surface area contributed by atoms with Crippen molar-refractivity contribution in [2.45, 2.75) is 31.2 Å². The van der Waals surface area contributed by atoms with Crippen LogP contribution in [0.1, 0.15) is 29.9 Å². The van der Waals surface area contributed by atoms with E-state index in [0.717, 1.165) is 13.0 Å². The van der Waals surface area contributed by atoms with Crippen molar-refractivity contribution in [2.75, 3.05) is 13.1 Å². The van der Waals surface area contributed by atoms with Gasteiger partial charge < -0.3 is 5.11 Å². The SMILES string of the molecule is O=C(O)CN(CC1Cc2ccccc21)C1CC1. The van der Waals surface area contributed by atoms with Gasteiger partial charge in [-0.1, -0.05) is 24.3 Å². The molecule has 1 fully saturated rings. The molecule has 0 aliphatic heterocycles. The maximum Gasteiger partial charge on any atom is 0.317 e. The van der Waals surface area contributed by atoms with Crippen molar-refractivity contribution in [2.24, 2.45) is 0 Å². The van der Waals surface area contributed by atoms with Gasteiger partial charge in [-0.15, -0.1) is 0 Å². The summed E-state index contributed by atoms with van der Waals surface area (Å²) in [6.45, 7) is 1.11. The number of rotatable bonds is 5. The summed E-state index contributed by atoms with van der Waals surface area (Å²) in [6, 6.07) is 9.02. The van der Waals surface area contributed by atoms with E-state index in [0.29, 0.717) is 12.0 Å². The van der Waals surface area contributed by atoms with Crippen LogP contribution in [0.5, 0.6) is 0 Å². The maximum absolute atomic E-state index is 10.8. The van der Waals surface area contributed by atoms with Crippen molar-refractivity contribution in [1.82, 2.24) is 4.90 Å². The monoisotopic (exact) mass is 231 g/mol. The van der Waals surface area contributed by atoms with Gasteiger partial charge in [0.25, 0.3) is 0 Å². The van der Waals surface area contributed by atoms with E-state index in [1.54, 1.807) is 0 Å². The van der Waals surface area contributed by atoms with Crippen LogP contribution < -0.4 is 0 Å². The lowest BCUT2D eigenvalue weighted by molar-refractivity contribution is -0.138. The van der Waals surface area contributed by atoms with E-state index in [2.05, 4.69) is 29.2 Å². The van der Waals surface area contributed by atoms with E-state index >= 15 is 0 Å². The number of hydrogen-bond acceptors (Lipinski definition) is 2. The van der Waals surface area contributed by atoms with E-state index in [4.69, 9.17) is 5.11 Å². The predicted octanol–water partition coefficient (Wildman–Crippen LogP) is 1.88. The van der Waals surface area contributed by atoms with E-state index in [1.807, 2.05) is 0 Å². The summed E-state index contributed by atoms with van der Waals surface area (Å²) >= 11 is 0. The molecule has 1 saturated carbocycles. The third-order valence-electron chi connectivity index (χ3n) is 3.82. The minimum atomic E-state index is -0.704. The van der Waals surface area contributed by atoms with Crippen molar-refractivity contribution in [1.29, 1.82) is 0 Å². The van der Waals surface area contributed by atoms with Crippen molar-refractivity contribution in [3.05, 3.63) is 35.4 Å². The number of nitrogens with zero attached hydrogens (tertiary/aromatic N) is 1. The first-order valence-electron chi connectivity index (χ1n) is 6.27. The molecule has 0 heterocycles. The summed E-state index contributed by atoms with van der Waals surface area (Å²) < 4.78 is 0. The van der Waals surface area contributed by atoms with Crippen LogP contribution in [0.3, 0.4) is 0 Å². The quantitative estimate of drug-likeness (QED) is 0.841. The first-order chi connectivity index (χ1) is 8.24. The summed E-state index contributed by atoms with van der Waals surface area (Å²) in [7, 11) is 0. The number of carbonyl (C=O) groups is 1. The maximum atomic E-state index is 10.8. The second-order valence-electron chi connectivity index (χ2n) is 5.15. The van der Waals surface area contributed by atoms with Gasteiger partial charge in [0.1, 0.15) is 0 Å². The van der Waals surface area contributed by atoms with Crippen LogP contribution in [-0.4, -0.2) is 35.1 Å². The van der Waals surface area contributed by atoms with E-state index in [1.165, 1.54) is 24.0 Å². The predicted molar refractivity (Wildman–Crippen MR) is 65.1 cm³/mol. The summed E-state index contributed by atoms with van der Waals surface area (Å²) in [5.41, 5.74) is 2.85. The Hall–Kier alpha value is -1.35. The fraction of sp³-hybridized carbons (Fsp3) is 0.500. The van der Waals surface area contributed by atoms with Crippen LogP contribution in [0.25, 0.3) is 0 Å². The summed E-state index contributed by atoms with van der Waals surface area (Å²) in [5.74, 6) is -0.157. The Balaban J connectivity index is 1.65. The first kappa shape index (κ1) is 10.8. The van der Waals surface area contributed by atoms with Crippen LogP contribution in [0.4, 0.5) is 0 Å². The number of aliphatic carboxylic acids is 1. The fourth-order valence-electron chi connectivity index (χ4n) is 2.76. The Morgan fingerprint density at radius 2 is 2.12 bits per heavy atom. The molecule has 2 aliphatic carbocycles. The van der Waals surface area contributed by atoms with Crippen LogP contribution in [0.2, 0.25) is 0 Å². The van der Waals surface area contributed by atoms with Gasteiger partial charge in [-0.2, -0.15) is 0 Å². The highest BCUT2D eigenvalue weighted by Gasteiger charge is 2.34. The van der Waals surface area contributed by atoms with Crippen molar-refractivity contribution < 1.29 is 9.90 Å². The lowest BCUT2D eigenvalue weighted by Crippen LogP contribution is -2.38. The van der Waals surface area contributed by atoms with E-state index < -0.39 is 5.97 Å². The minimum Gasteiger partial charge on any atom is -0.480 e. The fourth-order valence-corrected chi connectivity index (χ4v) is 2.76. The molecule has 2 aliphatic rings. The van der Waals surface area contributed by atoms with Gasteiger partial charge in [-0.25, -0.2) is 0 Å². The minimum absolute atomic E-state index is 0.198. The average Bonchev–Trinajstić information content (AvgIpc) is 3.07. The third-order valence-corrected chi connectivity index (χ3v) is 3.82. The molecule has 1 unspecified atom stereocenters. The summed E-state index contributed by atoms with van der Waals surface area (Å²) in [4.78, 5) is 13.0. The molecule has 17 heavy (non-hydrogen) atoms. The van der Waals surface area contributed by atoms with Gasteiger partial charge in [-0.3, -0.25) is 9.69 Å². The molecule has 0 aromatic heterocycles. The number of fused-ring (bicyclic) bond motifs is 1. The molecule has 90 valence electrons. The summed E-state index contributed by atoms with van der Waals surface area (Å²) in [5, 5.41) is 8.92. The van der Waals surface area contributed by atoms with E-state index in [-0.39, 0.29) is 6.54 Å². The number of hydrogen-bond donors (Lipinski definition) is 1. The van der Waals surface area contributed by atoms with Gasteiger partial charge in [0.2, 0.25) is 0 Å². The number of carboxylic acid groups (broad SMARTS) is 1. The molecule has 0 saturated heterocycles. The Morgan fingerprint density at radius 3 is 2.76 bits per heavy atom. The molecular weight excluding hydrogens is 214 g/mol. The van der Waals surface area contributed by atoms with Gasteiger partial charge in [0.05, 0.1) is 6.54 Å². The van der Waals surface area contributed by atoms with Gasteiger partial charge >= 0.3 is 5.97 Å². The Kier molecular flexibility index (Phi) is 2.63. The van der Waals surface area contributed by atoms with Crippen LogP contribution in [0, 0.1) is 0 Å². The Morgan fingerprint density at radius 1 is 1.35 bits per heavy atom. The summed E-state index contributed by atoms with van der Waals surface area (Å²) in [6.07, 6.45) is 3.45. The smallest absolute Gasteiger partial charge is 0.317 e. The van der Waals surface area contributed by atoms with Gasteiger partial charge in [0.15, 0.2) is 0 Å². The molecule has 1 N–H and O–H groups in total. The first-order valence-corrected chi connectivity index (χ1v) is 6.27. The number of carboxylic acids is 1. The third kappa shape index (κ3) is 2.20.